The van der Waals surface area contributed by atoms with E-state index >= 15 is 0 Å². The van der Waals surface area contributed by atoms with Crippen LogP contribution >= 0.6 is 46.1 Å². The summed E-state index contributed by atoms with van der Waals surface area (Å²) in [6, 6.07) is 14.0. The van der Waals surface area contributed by atoms with Gasteiger partial charge in [0.1, 0.15) is 12.4 Å². The lowest BCUT2D eigenvalue weighted by Crippen LogP contribution is -2.10. The van der Waals surface area contributed by atoms with Crippen LogP contribution in [0.15, 0.2) is 53.9 Å². The number of halogens is 3. The normalized spacial score (nSPS) is 10.5. The van der Waals surface area contributed by atoms with Crippen LogP contribution in [0.1, 0.15) is 15.2 Å². The first kappa shape index (κ1) is 18.1. The molecule has 3 nitrogen and oxygen atoms in total. The average molecular weight is 413 g/mol. The van der Waals surface area contributed by atoms with Gasteiger partial charge in [-0.1, -0.05) is 46.9 Å². The highest BCUT2D eigenvalue weighted by molar-refractivity contribution is 7.12. The number of rotatable bonds is 5. The molecule has 0 radical (unpaired) electrons. The van der Waals surface area contributed by atoms with Crippen LogP contribution in [0.3, 0.4) is 0 Å². The van der Waals surface area contributed by atoms with Crippen molar-refractivity contribution in [2.45, 2.75) is 6.61 Å². The minimum atomic E-state index is -0.247. The van der Waals surface area contributed by atoms with Gasteiger partial charge in [-0.3, -0.25) is 4.79 Å². The Morgan fingerprint density at radius 1 is 1.08 bits per heavy atom. The number of hydrogen-bond acceptors (Lipinski definition) is 3. The predicted molar refractivity (Wildman–Crippen MR) is 105 cm³/mol. The third kappa shape index (κ3) is 4.67. The molecule has 3 aromatic rings. The van der Waals surface area contributed by atoms with Gasteiger partial charge in [0, 0.05) is 10.6 Å². The summed E-state index contributed by atoms with van der Waals surface area (Å²) in [6.45, 7) is 0.349. The maximum Gasteiger partial charge on any atom is 0.265 e. The second-order valence-electron chi connectivity index (χ2n) is 5.12. The Balaban J connectivity index is 1.64. The van der Waals surface area contributed by atoms with E-state index < -0.39 is 0 Å². The summed E-state index contributed by atoms with van der Waals surface area (Å²) in [6.07, 6.45) is 0. The van der Waals surface area contributed by atoms with Crippen LogP contribution in [0.5, 0.6) is 5.75 Å². The van der Waals surface area contributed by atoms with Crippen molar-refractivity contribution in [2.75, 3.05) is 5.32 Å². The van der Waals surface area contributed by atoms with Crippen molar-refractivity contribution in [3.05, 3.63) is 79.4 Å². The van der Waals surface area contributed by atoms with Gasteiger partial charge < -0.3 is 10.1 Å². The lowest BCUT2D eigenvalue weighted by molar-refractivity contribution is 0.103. The highest BCUT2D eigenvalue weighted by atomic mass is 35.5. The molecule has 1 N–H and O–H groups in total. The monoisotopic (exact) mass is 411 g/mol. The molecule has 0 unspecified atom stereocenters. The molecular formula is C18H12Cl3NO2S. The van der Waals surface area contributed by atoms with E-state index in [0.29, 0.717) is 38.0 Å². The average Bonchev–Trinajstić information content (AvgIpc) is 3.06. The van der Waals surface area contributed by atoms with Crippen LogP contribution in [0, 0.1) is 0 Å². The number of thiophene rings is 1. The smallest absolute Gasteiger partial charge is 0.265 e. The van der Waals surface area contributed by atoms with Crippen LogP contribution in [-0.4, -0.2) is 5.91 Å². The van der Waals surface area contributed by atoms with E-state index in [0.717, 1.165) is 5.56 Å². The Kier molecular flexibility index (Phi) is 5.86. The number of amides is 1. The van der Waals surface area contributed by atoms with Gasteiger partial charge in [0.05, 0.1) is 20.6 Å². The lowest BCUT2D eigenvalue weighted by Gasteiger charge is -2.07. The molecule has 0 saturated heterocycles. The van der Waals surface area contributed by atoms with Crippen LogP contribution in [0.4, 0.5) is 5.69 Å². The van der Waals surface area contributed by atoms with Gasteiger partial charge in [-0.25, -0.2) is 0 Å². The zero-order chi connectivity index (χ0) is 17.8. The molecule has 0 atom stereocenters. The second kappa shape index (κ2) is 8.11. The third-order valence-corrected chi connectivity index (χ3v) is 5.31. The number of carbonyl (C=O) groups excluding carboxylic acids is 1. The molecule has 0 aliphatic carbocycles. The quantitative estimate of drug-likeness (QED) is 0.516. The number of anilines is 1. The summed E-state index contributed by atoms with van der Waals surface area (Å²) in [7, 11) is 0. The lowest BCUT2D eigenvalue weighted by atomic mass is 10.3. The van der Waals surface area contributed by atoms with Crippen molar-refractivity contribution in [3.63, 3.8) is 0 Å². The van der Waals surface area contributed by atoms with Gasteiger partial charge in [-0.15, -0.1) is 11.3 Å². The van der Waals surface area contributed by atoms with Gasteiger partial charge in [-0.05, 0) is 41.8 Å². The fraction of sp³-hybridized carbons (Fsp3) is 0.0556. The van der Waals surface area contributed by atoms with E-state index in [4.69, 9.17) is 39.5 Å². The minimum absolute atomic E-state index is 0.247. The second-order valence-corrected chi connectivity index (χ2v) is 7.25. The van der Waals surface area contributed by atoms with Crippen LogP contribution < -0.4 is 10.1 Å². The first-order valence-electron chi connectivity index (χ1n) is 7.24. The topological polar surface area (TPSA) is 38.3 Å². The maximum absolute atomic E-state index is 12.3. The zero-order valence-corrected chi connectivity index (χ0v) is 15.8. The molecule has 2 aromatic carbocycles. The highest BCUT2D eigenvalue weighted by Crippen LogP contribution is 2.30. The first-order chi connectivity index (χ1) is 12.0. The fourth-order valence-corrected chi connectivity index (χ4v) is 3.40. The molecule has 0 aliphatic rings. The van der Waals surface area contributed by atoms with Crippen molar-refractivity contribution in [1.29, 1.82) is 0 Å². The standard InChI is InChI=1S/C18H12Cl3NO2S/c19-12-3-1-4-13(8-12)24-9-11-7-16(25-10-11)18(23)22-15-6-2-5-14(20)17(15)21/h1-8,10H,9H2,(H,22,23). The fourth-order valence-electron chi connectivity index (χ4n) is 2.08. The molecule has 0 bridgehead atoms. The van der Waals surface area contributed by atoms with Gasteiger partial charge >= 0.3 is 0 Å². The Labute approximate surface area is 164 Å². The van der Waals surface area contributed by atoms with Gasteiger partial charge in [-0.2, -0.15) is 0 Å². The largest absolute Gasteiger partial charge is 0.489 e. The molecule has 1 heterocycles. The molecule has 0 spiro atoms. The molecule has 128 valence electrons. The van der Waals surface area contributed by atoms with E-state index in [9.17, 15) is 4.79 Å². The molecule has 3 rings (SSSR count). The summed E-state index contributed by atoms with van der Waals surface area (Å²) in [5.41, 5.74) is 1.37. The zero-order valence-electron chi connectivity index (χ0n) is 12.8. The molecule has 0 fully saturated rings. The molecular weight excluding hydrogens is 401 g/mol. The maximum atomic E-state index is 12.3. The van der Waals surface area contributed by atoms with Crippen molar-refractivity contribution in [3.8, 4) is 5.75 Å². The summed E-state index contributed by atoms with van der Waals surface area (Å²) < 4.78 is 5.67. The summed E-state index contributed by atoms with van der Waals surface area (Å²) in [5, 5.41) is 5.95. The Hall–Kier alpha value is -1.72. The molecule has 0 aliphatic heterocycles. The first-order valence-corrected chi connectivity index (χ1v) is 9.25. The highest BCUT2D eigenvalue weighted by Gasteiger charge is 2.13. The van der Waals surface area contributed by atoms with Crippen molar-refractivity contribution < 1.29 is 9.53 Å². The number of nitrogens with one attached hydrogen (secondary N) is 1. The van der Waals surface area contributed by atoms with Crippen molar-refractivity contribution >= 4 is 57.7 Å². The molecule has 1 aromatic heterocycles. The minimum Gasteiger partial charge on any atom is -0.489 e. The predicted octanol–water partition coefficient (Wildman–Crippen LogP) is 6.54. The summed E-state index contributed by atoms with van der Waals surface area (Å²) in [4.78, 5) is 12.9. The molecule has 7 heteroatoms. The summed E-state index contributed by atoms with van der Waals surface area (Å²) in [5.74, 6) is 0.429. The van der Waals surface area contributed by atoms with Gasteiger partial charge in [0.15, 0.2) is 0 Å². The molecule has 25 heavy (non-hydrogen) atoms. The van der Waals surface area contributed by atoms with Gasteiger partial charge in [0.25, 0.3) is 5.91 Å². The number of ether oxygens (including phenoxy) is 1. The summed E-state index contributed by atoms with van der Waals surface area (Å²) >= 11 is 19.3. The molecule has 1 amide bonds. The van der Waals surface area contributed by atoms with Crippen molar-refractivity contribution in [1.82, 2.24) is 0 Å². The number of benzene rings is 2. The van der Waals surface area contributed by atoms with E-state index in [1.54, 1.807) is 36.4 Å². The Morgan fingerprint density at radius 3 is 2.68 bits per heavy atom. The van der Waals surface area contributed by atoms with Crippen LogP contribution in [-0.2, 0) is 6.61 Å². The number of carbonyl (C=O) groups is 1. The Bertz CT molecular complexity index is 911. The van der Waals surface area contributed by atoms with E-state index in [2.05, 4.69) is 5.32 Å². The third-order valence-electron chi connectivity index (χ3n) is 3.28. The van der Waals surface area contributed by atoms with Crippen molar-refractivity contribution in [2.24, 2.45) is 0 Å². The SMILES string of the molecule is O=C(Nc1cccc(Cl)c1Cl)c1cc(COc2cccc(Cl)c2)cs1. The Morgan fingerprint density at radius 2 is 1.88 bits per heavy atom. The molecule has 0 saturated carbocycles. The van der Waals surface area contributed by atoms with Crippen LogP contribution in [0.2, 0.25) is 15.1 Å². The number of hydrogen-bond donors (Lipinski definition) is 1. The van der Waals surface area contributed by atoms with Crippen LogP contribution in [0.25, 0.3) is 0 Å². The van der Waals surface area contributed by atoms with Gasteiger partial charge in [0.2, 0.25) is 0 Å². The van der Waals surface area contributed by atoms with E-state index in [-0.39, 0.29) is 5.91 Å². The van der Waals surface area contributed by atoms with E-state index in [1.807, 2.05) is 17.5 Å². The van der Waals surface area contributed by atoms with E-state index in [1.165, 1.54) is 11.3 Å².